The Hall–Kier alpha value is -1.10. The van der Waals surface area contributed by atoms with Crippen LogP contribution in [0.25, 0.3) is 0 Å². The summed E-state index contributed by atoms with van der Waals surface area (Å²) in [6.45, 7) is 7.50. The van der Waals surface area contributed by atoms with Crippen LogP contribution in [-0.2, 0) is 9.59 Å². The van der Waals surface area contributed by atoms with Gasteiger partial charge in [-0.1, -0.05) is 6.42 Å². The van der Waals surface area contributed by atoms with Gasteiger partial charge in [0.15, 0.2) is 0 Å². The Bertz CT molecular complexity index is 259. The fraction of sp³-hybridized carbons (Fsp3) is 0.846. The molecule has 0 bridgehead atoms. The summed E-state index contributed by atoms with van der Waals surface area (Å²) in [5, 5.41) is 14.5. The second kappa shape index (κ2) is 8.91. The Balaban J connectivity index is 3.35. The number of carbonyl (C=O) groups is 2. The molecule has 0 radical (unpaired) electrons. The highest BCUT2D eigenvalue weighted by Crippen LogP contribution is 1.99. The molecule has 0 aromatic carbocycles. The Morgan fingerprint density at radius 3 is 2.22 bits per heavy atom. The third-order valence-corrected chi connectivity index (χ3v) is 2.40. The van der Waals surface area contributed by atoms with Crippen molar-refractivity contribution in [3.8, 4) is 0 Å². The van der Waals surface area contributed by atoms with E-state index in [1.165, 1.54) is 0 Å². The Morgan fingerprint density at radius 1 is 1.00 bits per heavy atom. The SMILES string of the molecule is CC(C)(C)NCCC(=O)NCCCCCC(=O)O. The molecule has 106 valence electrons. The summed E-state index contributed by atoms with van der Waals surface area (Å²) < 4.78 is 0. The van der Waals surface area contributed by atoms with E-state index in [1.54, 1.807) is 0 Å². The number of carboxylic acids is 1. The Morgan fingerprint density at radius 2 is 1.67 bits per heavy atom. The fourth-order valence-corrected chi connectivity index (χ4v) is 1.45. The predicted octanol–water partition coefficient (Wildman–Crippen LogP) is 1.53. The molecule has 0 aromatic heterocycles. The van der Waals surface area contributed by atoms with E-state index in [-0.39, 0.29) is 17.9 Å². The van der Waals surface area contributed by atoms with Gasteiger partial charge in [0.05, 0.1) is 0 Å². The third-order valence-electron chi connectivity index (χ3n) is 2.40. The minimum atomic E-state index is -0.757. The van der Waals surface area contributed by atoms with Crippen molar-refractivity contribution < 1.29 is 14.7 Å². The molecule has 5 heteroatoms. The van der Waals surface area contributed by atoms with Gasteiger partial charge in [-0.3, -0.25) is 9.59 Å². The Kier molecular flexibility index (Phi) is 8.37. The van der Waals surface area contributed by atoms with E-state index in [4.69, 9.17) is 5.11 Å². The van der Waals surface area contributed by atoms with E-state index in [2.05, 4.69) is 31.4 Å². The monoisotopic (exact) mass is 258 g/mol. The molecular weight excluding hydrogens is 232 g/mol. The van der Waals surface area contributed by atoms with Crippen LogP contribution in [0.4, 0.5) is 0 Å². The van der Waals surface area contributed by atoms with Crippen molar-refractivity contribution in [2.24, 2.45) is 0 Å². The zero-order valence-electron chi connectivity index (χ0n) is 11.7. The van der Waals surface area contributed by atoms with Crippen LogP contribution in [0.2, 0.25) is 0 Å². The van der Waals surface area contributed by atoms with Gasteiger partial charge in [0.2, 0.25) is 5.91 Å². The molecule has 0 aliphatic rings. The molecule has 0 spiro atoms. The van der Waals surface area contributed by atoms with Crippen molar-refractivity contribution in [2.75, 3.05) is 13.1 Å². The highest BCUT2D eigenvalue weighted by atomic mass is 16.4. The molecule has 0 atom stereocenters. The number of amides is 1. The average molecular weight is 258 g/mol. The van der Waals surface area contributed by atoms with E-state index in [0.29, 0.717) is 25.9 Å². The number of rotatable bonds is 9. The second-order valence-electron chi connectivity index (χ2n) is 5.48. The molecular formula is C13H26N2O3. The molecule has 0 rings (SSSR count). The van der Waals surface area contributed by atoms with Crippen LogP contribution in [0.1, 0.15) is 52.9 Å². The van der Waals surface area contributed by atoms with Gasteiger partial charge in [0, 0.05) is 31.5 Å². The Labute approximate surface area is 109 Å². The number of carbonyl (C=O) groups excluding carboxylic acids is 1. The van der Waals surface area contributed by atoms with Gasteiger partial charge in [-0.05, 0) is 33.6 Å². The van der Waals surface area contributed by atoms with Gasteiger partial charge >= 0.3 is 5.97 Å². The molecule has 0 heterocycles. The van der Waals surface area contributed by atoms with Crippen molar-refractivity contribution in [3.05, 3.63) is 0 Å². The fourth-order valence-electron chi connectivity index (χ4n) is 1.45. The number of unbranched alkanes of at least 4 members (excludes halogenated alkanes) is 2. The first-order valence-electron chi connectivity index (χ1n) is 6.55. The molecule has 18 heavy (non-hydrogen) atoms. The largest absolute Gasteiger partial charge is 0.481 e. The molecule has 5 nitrogen and oxygen atoms in total. The summed E-state index contributed by atoms with van der Waals surface area (Å²) >= 11 is 0. The van der Waals surface area contributed by atoms with Gasteiger partial charge in [-0.25, -0.2) is 0 Å². The van der Waals surface area contributed by atoms with Crippen LogP contribution in [-0.4, -0.2) is 35.6 Å². The van der Waals surface area contributed by atoms with Crippen LogP contribution < -0.4 is 10.6 Å². The molecule has 0 fully saturated rings. The number of hydrogen-bond donors (Lipinski definition) is 3. The predicted molar refractivity (Wildman–Crippen MR) is 71.5 cm³/mol. The van der Waals surface area contributed by atoms with Crippen LogP contribution in [0.3, 0.4) is 0 Å². The van der Waals surface area contributed by atoms with E-state index in [0.717, 1.165) is 12.8 Å². The lowest BCUT2D eigenvalue weighted by atomic mass is 10.1. The quantitative estimate of drug-likeness (QED) is 0.548. The molecule has 3 N–H and O–H groups in total. The third kappa shape index (κ3) is 13.0. The summed E-state index contributed by atoms with van der Waals surface area (Å²) in [6, 6.07) is 0. The molecule has 0 aromatic rings. The van der Waals surface area contributed by atoms with Gasteiger partial charge < -0.3 is 15.7 Å². The van der Waals surface area contributed by atoms with Crippen LogP contribution in [0.5, 0.6) is 0 Å². The van der Waals surface area contributed by atoms with Crippen LogP contribution in [0.15, 0.2) is 0 Å². The first-order valence-corrected chi connectivity index (χ1v) is 6.55. The van der Waals surface area contributed by atoms with Crippen molar-refractivity contribution >= 4 is 11.9 Å². The molecule has 0 saturated carbocycles. The zero-order chi connectivity index (χ0) is 14.0. The highest BCUT2D eigenvalue weighted by molar-refractivity contribution is 5.76. The van der Waals surface area contributed by atoms with E-state index in [9.17, 15) is 9.59 Å². The number of carboxylic acid groups (broad SMARTS) is 1. The molecule has 0 saturated heterocycles. The maximum atomic E-state index is 11.4. The summed E-state index contributed by atoms with van der Waals surface area (Å²) in [4.78, 5) is 21.7. The van der Waals surface area contributed by atoms with E-state index >= 15 is 0 Å². The van der Waals surface area contributed by atoms with Crippen molar-refractivity contribution in [1.29, 1.82) is 0 Å². The number of hydrogen-bond acceptors (Lipinski definition) is 3. The minimum absolute atomic E-state index is 0.0388. The van der Waals surface area contributed by atoms with Crippen molar-refractivity contribution in [1.82, 2.24) is 10.6 Å². The average Bonchev–Trinajstić information content (AvgIpc) is 2.20. The normalized spacial score (nSPS) is 11.3. The van der Waals surface area contributed by atoms with Crippen LogP contribution in [0, 0.1) is 0 Å². The molecule has 0 aliphatic carbocycles. The summed E-state index contributed by atoms with van der Waals surface area (Å²) in [5.41, 5.74) is 0.0388. The summed E-state index contributed by atoms with van der Waals surface area (Å²) in [5.74, 6) is -0.711. The lowest BCUT2D eigenvalue weighted by molar-refractivity contribution is -0.137. The smallest absolute Gasteiger partial charge is 0.303 e. The van der Waals surface area contributed by atoms with E-state index in [1.807, 2.05) is 0 Å². The van der Waals surface area contributed by atoms with Gasteiger partial charge in [0.25, 0.3) is 0 Å². The van der Waals surface area contributed by atoms with Gasteiger partial charge in [-0.15, -0.1) is 0 Å². The van der Waals surface area contributed by atoms with Gasteiger partial charge in [-0.2, -0.15) is 0 Å². The first-order chi connectivity index (χ1) is 8.31. The molecule has 0 aliphatic heterocycles. The lowest BCUT2D eigenvalue weighted by Gasteiger charge is -2.20. The minimum Gasteiger partial charge on any atom is -0.481 e. The molecule has 1 amide bonds. The number of nitrogens with one attached hydrogen (secondary N) is 2. The highest BCUT2D eigenvalue weighted by Gasteiger charge is 2.09. The standard InChI is InChI=1S/C13H26N2O3/c1-13(2,3)15-10-8-11(16)14-9-6-4-5-7-12(17)18/h15H,4-10H2,1-3H3,(H,14,16)(H,17,18). The second-order valence-corrected chi connectivity index (χ2v) is 5.48. The lowest BCUT2D eigenvalue weighted by Crippen LogP contribution is -2.38. The summed E-state index contributed by atoms with van der Waals surface area (Å²) in [6.07, 6.45) is 3.05. The van der Waals surface area contributed by atoms with E-state index < -0.39 is 5.97 Å². The first kappa shape index (κ1) is 16.9. The number of aliphatic carboxylic acids is 1. The zero-order valence-corrected chi connectivity index (χ0v) is 11.7. The van der Waals surface area contributed by atoms with Crippen molar-refractivity contribution in [3.63, 3.8) is 0 Å². The van der Waals surface area contributed by atoms with Crippen molar-refractivity contribution in [2.45, 2.75) is 58.4 Å². The molecule has 0 unspecified atom stereocenters. The van der Waals surface area contributed by atoms with Gasteiger partial charge in [0.1, 0.15) is 0 Å². The topological polar surface area (TPSA) is 78.4 Å². The van der Waals surface area contributed by atoms with Crippen LogP contribution >= 0.6 is 0 Å². The maximum Gasteiger partial charge on any atom is 0.303 e. The maximum absolute atomic E-state index is 11.4. The summed E-state index contributed by atoms with van der Waals surface area (Å²) in [7, 11) is 0.